The van der Waals surface area contributed by atoms with Crippen LogP contribution in [-0.2, 0) is 14.3 Å². The molecule has 0 aromatic heterocycles. The molecule has 3 fully saturated rings. The molecule has 0 aromatic carbocycles. The Kier molecular flexibility index (Phi) is 3.16. The van der Waals surface area contributed by atoms with Crippen LogP contribution in [0.1, 0.15) is 64.2 Å². The Hall–Kier alpha value is -0.860. The Labute approximate surface area is 108 Å². The lowest BCUT2D eigenvalue weighted by Gasteiger charge is -2.45. The molecule has 0 atom stereocenters. The second kappa shape index (κ2) is 4.67. The first kappa shape index (κ1) is 12.2. The average Bonchev–Trinajstić information content (AvgIpc) is 3.02. The van der Waals surface area contributed by atoms with Crippen LogP contribution in [0, 0.1) is 11.8 Å². The molecule has 0 N–H and O–H groups in total. The minimum atomic E-state index is -0.417. The van der Waals surface area contributed by atoms with Gasteiger partial charge < -0.3 is 4.74 Å². The van der Waals surface area contributed by atoms with E-state index in [1.54, 1.807) is 0 Å². The number of ketones is 1. The van der Waals surface area contributed by atoms with E-state index in [-0.39, 0.29) is 18.2 Å². The summed E-state index contributed by atoms with van der Waals surface area (Å²) in [5.41, 5.74) is -0.417. The van der Waals surface area contributed by atoms with Crippen LogP contribution < -0.4 is 0 Å². The first-order valence-corrected chi connectivity index (χ1v) is 7.44. The number of hydrogen-bond donors (Lipinski definition) is 0. The zero-order chi connectivity index (χ0) is 12.6. The quantitative estimate of drug-likeness (QED) is 0.559. The molecule has 3 heteroatoms. The number of cyclic esters (lactones) is 1. The zero-order valence-electron chi connectivity index (χ0n) is 11.0. The standard InChI is InChI=1S/C15H22O3/c16-13-9-14(17)18-15(10-13,11-5-1-2-6-11)12-7-3-4-8-12/h11-12H,1-10H2. The average molecular weight is 250 g/mol. The highest BCUT2D eigenvalue weighted by molar-refractivity contribution is 5.98. The molecule has 2 aliphatic carbocycles. The molecule has 1 heterocycles. The number of rotatable bonds is 2. The fraction of sp³-hybridized carbons (Fsp3) is 0.867. The summed E-state index contributed by atoms with van der Waals surface area (Å²) in [5, 5.41) is 0. The van der Waals surface area contributed by atoms with Crippen molar-refractivity contribution in [3.8, 4) is 0 Å². The third-order valence-electron chi connectivity index (χ3n) is 5.21. The molecular weight excluding hydrogens is 228 g/mol. The van der Waals surface area contributed by atoms with E-state index in [9.17, 15) is 9.59 Å². The number of esters is 1. The van der Waals surface area contributed by atoms with Gasteiger partial charge in [-0.3, -0.25) is 9.59 Å². The Bertz CT molecular complexity index is 315. The lowest BCUT2D eigenvalue weighted by atomic mass is 9.70. The van der Waals surface area contributed by atoms with Crippen molar-refractivity contribution in [2.24, 2.45) is 11.8 Å². The van der Waals surface area contributed by atoms with Crippen LogP contribution in [0.4, 0.5) is 0 Å². The number of carbonyl (C=O) groups is 2. The highest BCUT2D eigenvalue weighted by Gasteiger charge is 2.53. The Morgan fingerprint density at radius 2 is 1.39 bits per heavy atom. The van der Waals surface area contributed by atoms with E-state index in [4.69, 9.17) is 4.74 Å². The van der Waals surface area contributed by atoms with Gasteiger partial charge in [0.25, 0.3) is 0 Å². The normalized spacial score (nSPS) is 29.8. The zero-order valence-corrected chi connectivity index (χ0v) is 11.0. The van der Waals surface area contributed by atoms with Gasteiger partial charge in [0.1, 0.15) is 17.8 Å². The molecular formula is C15H22O3. The van der Waals surface area contributed by atoms with E-state index < -0.39 is 5.60 Å². The maximum Gasteiger partial charge on any atom is 0.313 e. The van der Waals surface area contributed by atoms with Gasteiger partial charge in [-0.15, -0.1) is 0 Å². The fourth-order valence-electron chi connectivity index (χ4n) is 4.43. The first-order valence-electron chi connectivity index (χ1n) is 7.44. The largest absolute Gasteiger partial charge is 0.458 e. The summed E-state index contributed by atoms with van der Waals surface area (Å²) in [6.07, 6.45) is 9.95. The molecule has 0 aromatic rings. The van der Waals surface area contributed by atoms with Crippen LogP contribution in [0.5, 0.6) is 0 Å². The van der Waals surface area contributed by atoms with Gasteiger partial charge in [0, 0.05) is 6.42 Å². The Morgan fingerprint density at radius 3 is 1.83 bits per heavy atom. The minimum Gasteiger partial charge on any atom is -0.458 e. The van der Waals surface area contributed by atoms with E-state index in [0.29, 0.717) is 18.3 Å². The predicted molar refractivity (Wildman–Crippen MR) is 67.0 cm³/mol. The van der Waals surface area contributed by atoms with Crippen LogP contribution in [0.15, 0.2) is 0 Å². The van der Waals surface area contributed by atoms with Crippen molar-refractivity contribution in [2.75, 3.05) is 0 Å². The van der Waals surface area contributed by atoms with Crippen LogP contribution in [0.25, 0.3) is 0 Å². The fourth-order valence-corrected chi connectivity index (χ4v) is 4.43. The molecule has 1 aliphatic heterocycles. The van der Waals surface area contributed by atoms with Gasteiger partial charge in [0.15, 0.2) is 0 Å². The molecule has 0 bridgehead atoms. The molecule has 0 amide bonds. The Balaban J connectivity index is 1.90. The van der Waals surface area contributed by atoms with Gasteiger partial charge in [-0.1, -0.05) is 25.7 Å². The topological polar surface area (TPSA) is 43.4 Å². The maximum atomic E-state index is 11.9. The molecule has 3 rings (SSSR count). The highest BCUT2D eigenvalue weighted by Crippen LogP contribution is 2.50. The van der Waals surface area contributed by atoms with Crippen molar-refractivity contribution < 1.29 is 14.3 Å². The molecule has 0 radical (unpaired) electrons. The second-order valence-electron chi connectivity index (χ2n) is 6.28. The molecule has 3 aliphatic rings. The van der Waals surface area contributed by atoms with Crippen molar-refractivity contribution in [1.82, 2.24) is 0 Å². The van der Waals surface area contributed by atoms with Crippen molar-refractivity contribution >= 4 is 11.8 Å². The molecule has 100 valence electrons. The van der Waals surface area contributed by atoms with Crippen LogP contribution in [0.2, 0.25) is 0 Å². The lowest BCUT2D eigenvalue weighted by molar-refractivity contribution is -0.186. The summed E-state index contributed by atoms with van der Waals surface area (Å²) in [6, 6.07) is 0. The van der Waals surface area contributed by atoms with Crippen molar-refractivity contribution in [1.29, 1.82) is 0 Å². The van der Waals surface area contributed by atoms with Gasteiger partial charge in [-0.05, 0) is 37.5 Å². The number of ether oxygens (including phenoxy) is 1. The van der Waals surface area contributed by atoms with Crippen LogP contribution in [0.3, 0.4) is 0 Å². The van der Waals surface area contributed by atoms with E-state index in [0.717, 1.165) is 25.7 Å². The smallest absolute Gasteiger partial charge is 0.313 e. The van der Waals surface area contributed by atoms with E-state index >= 15 is 0 Å². The van der Waals surface area contributed by atoms with Gasteiger partial charge in [0.05, 0.1) is 0 Å². The lowest BCUT2D eigenvalue weighted by Crippen LogP contribution is -2.52. The second-order valence-corrected chi connectivity index (χ2v) is 6.28. The van der Waals surface area contributed by atoms with Crippen molar-refractivity contribution in [3.05, 3.63) is 0 Å². The summed E-state index contributed by atoms with van der Waals surface area (Å²) < 4.78 is 5.85. The summed E-state index contributed by atoms with van der Waals surface area (Å²) in [7, 11) is 0. The van der Waals surface area contributed by atoms with Crippen LogP contribution in [-0.4, -0.2) is 17.4 Å². The van der Waals surface area contributed by atoms with Crippen LogP contribution >= 0.6 is 0 Å². The van der Waals surface area contributed by atoms with Gasteiger partial charge in [-0.2, -0.15) is 0 Å². The van der Waals surface area contributed by atoms with Crippen molar-refractivity contribution in [2.45, 2.75) is 69.8 Å². The molecule has 1 saturated heterocycles. The van der Waals surface area contributed by atoms with E-state index in [2.05, 4.69) is 0 Å². The molecule has 0 unspecified atom stereocenters. The molecule has 3 nitrogen and oxygen atoms in total. The Morgan fingerprint density at radius 1 is 0.889 bits per heavy atom. The third-order valence-corrected chi connectivity index (χ3v) is 5.21. The number of hydrogen-bond acceptors (Lipinski definition) is 3. The van der Waals surface area contributed by atoms with Gasteiger partial charge in [0.2, 0.25) is 0 Å². The van der Waals surface area contributed by atoms with Gasteiger partial charge in [-0.25, -0.2) is 0 Å². The molecule has 0 spiro atoms. The summed E-state index contributed by atoms with van der Waals surface area (Å²) in [4.78, 5) is 23.7. The van der Waals surface area contributed by atoms with E-state index in [1.165, 1.54) is 25.7 Å². The monoisotopic (exact) mass is 250 g/mol. The summed E-state index contributed by atoms with van der Waals surface area (Å²) in [6.45, 7) is 0. The van der Waals surface area contributed by atoms with Crippen molar-refractivity contribution in [3.63, 3.8) is 0 Å². The first-order chi connectivity index (χ1) is 8.71. The summed E-state index contributed by atoms with van der Waals surface area (Å²) in [5.74, 6) is 0.706. The minimum absolute atomic E-state index is 0.00118. The molecule has 18 heavy (non-hydrogen) atoms. The number of carbonyl (C=O) groups excluding carboxylic acids is 2. The third kappa shape index (κ3) is 1.98. The van der Waals surface area contributed by atoms with E-state index in [1.807, 2.05) is 0 Å². The predicted octanol–water partition coefficient (Wildman–Crippen LogP) is 3.01. The summed E-state index contributed by atoms with van der Waals surface area (Å²) >= 11 is 0. The molecule has 2 saturated carbocycles. The highest BCUT2D eigenvalue weighted by atomic mass is 16.6. The van der Waals surface area contributed by atoms with Gasteiger partial charge >= 0.3 is 5.97 Å². The SMILES string of the molecule is O=C1CC(=O)OC(C2CCCC2)(C2CCCC2)C1. The number of Topliss-reactive ketones (excluding diaryl/α,β-unsaturated/α-hetero) is 1. The maximum absolute atomic E-state index is 11.9.